The summed E-state index contributed by atoms with van der Waals surface area (Å²) in [7, 11) is -1.97. The molecule has 0 unspecified atom stereocenters. The highest BCUT2D eigenvalue weighted by Gasteiger charge is 2.27. The van der Waals surface area contributed by atoms with Crippen molar-refractivity contribution in [3.63, 3.8) is 0 Å². The van der Waals surface area contributed by atoms with Crippen molar-refractivity contribution < 1.29 is 22.7 Å². The van der Waals surface area contributed by atoms with Gasteiger partial charge in [-0.2, -0.15) is 0 Å². The minimum atomic E-state index is -3.57. The number of rotatable bonds is 7. The molecule has 0 saturated carbocycles. The summed E-state index contributed by atoms with van der Waals surface area (Å²) in [6.07, 6.45) is 1.11. The zero-order chi connectivity index (χ0) is 22.7. The molecule has 0 atom stereocenters. The predicted octanol–water partition coefficient (Wildman–Crippen LogP) is 2.69. The highest BCUT2D eigenvalue weighted by atomic mass is 32.2. The van der Waals surface area contributed by atoms with E-state index in [-0.39, 0.29) is 16.4 Å². The van der Waals surface area contributed by atoms with E-state index < -0.39 is 9.84 Å². The van der Waals surface area contributed by atoms with Crippen LogP contribution >= 0.6 is 11.3 Å². The zero-order valence-electron chi connectivity index (χ0n) is 18.0. The third-order valence-corrected chi connectivity index (χ3v) is 7.52. The molecule has 0 aliphatic carbocycles. The molecule has 2 aromatic carbocycles. The quantitative estimate of drug-likeness (QED) is 0.519. The van der Waals surface area contributed by atoms with Crippen molar-refractivity contribution in [3.05, 3.63) is 48.0 Å². The second-order valence-electron chi connectivity index (χ2n) is 7.51. The van der Waals surface area contributed by atoms with Crippen molar-refractivity contribution >= 4 is 42.4 Å². The van der Waals surface area contributed by atoms with E-state index >= 15 is 0 Å². The molecule has 0 spiro atoms. The molecule has 0 radical (unpaired) electrons. The standard InChI is InChI=1S/C22H25N3O5S2/c1-29-16-7-8-18-19(15-16)31-22(23-18)25(10-9-24-11-13-30-14-12-24)21(26)17-5-3-4-6-20(17)32(2,27)28/h3-8,15H,9-14H2,1-2H3. The first-order chi connectivity index (χ1) is 15.4. The van der Waals surface area contributed by atoms with Gasteiger partial charge in [-0.05, 0) is 30.3 Å². The van der Waals surface area contributed by atoms with Gasteiger partial charge in [0.1, 0.15) is 5.75 Å². The summed E-state index contributed by atoms with van der Waals surface area (Å²) in [6.45, 7) is 3.92. The lowest BCUT2D eigenvalue weighted by molar-refractivity contribution is 0.0391. The Kier molecular flexibility index (Phi) is 6.75. The fraction of sp³-hybridized carbons (Fsp3) is 0.364. The predicted molar refractivity (Wildman–Crippen MR) is 125 cm³/mol. The van der Waals surface area contributed by atoms with Crippen LogP contribution in [0.3, 0.4) is 0 Å². The largest absolute Gasteiger partial charge is 0.497 e. The van der Waals surface area contributed by atoms with Gasteiger partial charge in [0.05, 0.1) is 41.0 Å². The third kappa shape index (κ3) is 4.93. The fourth-order valence-corrected chi connectivity index (χ4v) is 5.50. The van der Waals surface area contributed by atoms with E-state index in [0.29, 0.717) is 37.2 Å². The van der Waals surface area contributed by atoms with Crippen LogP contribution in [0.15, 0.2) is 47.4 Å². The van der Waals surface area contributed by atoms with Gasteiger partial charge in [0.15, 0.2) is 15.0 Å². The van der Waals surface area contributed by atoms with Gasteiger partial charge in [-0.25, -0.2) is 13.4 Å². The first-order valence-corrected chi connectivity index (χ1v) is 12.9. The van der Waals surface area contributed by atoms with Gasteiger partial charge >= 0.3 is 0 Å². The lowest BCUT2D eigenvalue weighted by atomic mass is 10.2. The van der Waals surface area contributed by atoms with Gasteiger partial charge < -0.3 is 9.47 Å². The molecule has 1 amide bonds. The summed E-state index contributed by atoms with van der Waals surface area (Å²) < 4.78 is 36.2. The Labute approximate surface area is 191 Å². The highest BCUT2D eigenvalue weighted by molar-refractivity contribution is 7.90. The van der Waals surface area contributed by atoms with E-state index in [2.05, 4.69) is 9.88 Å². The number of anilines is 1. The normalized spacial score (nSPS) is 15.1. The van der Waals surface area contributed by atoms with Crippen molar-refractivity contribution in [2.75, 3.05) is 57.7 Å². The van der Waals surface area contributed by atoms with E-state index in [0.717, 1.165) is 29.6 Å². The Balaban J connectivity index is 1.71. The summed E-state index contributed by atoms with van der Waals surface area (Å²) in [5.74, 6) is 0.326. The number of fused-ring (bicyclic) bond motifs is 1. The molecular weight excluding hydrogens is 450 g/mol. The van der Waals surface area contributed by atoms with Gasteiger partial charge in [0.2, 0.25) is 0 Å². The third-order valence-electron chi connectivity index (χ3n) is 5.32. The van der Waals surface area contributed by atoms with Crippen LogP contribution in [0.5, 0.6) is 5.75 Å². The van der Waals surface area contributed by atoms with Crippen LogP contribution < -0.4 is 9.64 Å². The van der Waals surface area contributed by atoms with E-state index in [1.54, 1.807) is 30.2 Å². The van der Waals surface area contributed by atoms with Crippen LogP contribution in [0.2, 0.25) is 0 Å². The van der Waals surface area contributed by atoms with Crippen LogP contribution in [-0.2, 0) is 14.6 Å². The highest BCUT2D eigenvalue weighted by Crippen LogP contribution is 2.32. The van der Waals surface area contributed by atoms with Gasteiger partial charge in [-0.1, -0.05) is 23.5 Å². The molecule has 8 nitrogen and oxygen atoms in total. The Morgan fingerprint density at radius 3 is 2.69 bits per heavy atom. The monoisotopic (exact) mass is 475 g/mol. The molecule has 32 heavy (non-hydrogen) atoms. The lowest BCUT2D eigenvalue weighted by Gasteiger charge is -2.29. The first-order valence-electron chi connectivity index (χ1n) is 10.2. The number of carbonyl (C=O) groups is 1. The van der Waals surface area contributed by atoms with Crippen molar-refractivity contribution in [1.82, 2.24) is 9.88 Å². The van der Waals surface area contributed by atoms with Crippen LogP contribution in [0.1, 0.15) is 10.4 Å². The van der Waals surface area contributed by atoms with Crippen molar-refractivity contribution in [2.45, 2.75) is 4.90 Å². The van der Waals surface area contributed by atoms with Gasteiger partial charge in [0, 0.05) is 32.4 Å². The smallest absolute Gasteiger partial charge is 0.261 e. The molecule has 170 valence electrons. The topological polar surface area (TPSA) is 89.0 Å². The summed E-state index contributed by atoms with van der Waals surface area (Å²) in [4.78, 5) is 22.1. The van der Waals surface area contributed by atoms with Crippen molar-refractivity contribution in [3.8, 4) is 5.75 Å². The molecule has 1 aliphatic rings. The Bertz CT molecular complexity index is 1220. The number of sulfone groups is 1. The molecule has 1 aliphatic heterocycles. The number of amides is 1. The molecule has 2 heterocycles. The maximum Gasteiger partial charge on any atom is 0.261 e. The summed E-state index contributed by atoms with van der Waals surface area (Å²) in [6, 6.07) is 11.9. The lowest BCUT2D eigenvalue weighted by Crippen LogP contribution is -2.43. The van der Waals surface area contributed by atoms with E-state index in [1.807, 2.05) is 18.2 Å². The molecule has 0 N–H and O–H groups in total. The first kappa shape index (κ1) is 22.7. The Morgan fingerprint density at radius 1 is 1.22 bits per heavy atom. The van der Waals surface area contributed by atoms with Crippen LogP contribution in [0, 0.1) is 0 Å². The molecule has 0 bridgehead atoms. The van der Waals surface area contributed by atoms with Gasteiger partial charge in [-0.3, -0.25) is 14.6 Å². The zero-order valence-corrected chi connectivity index (χ0v) is 19.6. The minimum absolute atomic E-state index is 0.0177. The summed E-state index contributed by atoms with van der Waals surface area (Å²) in [5.41, 5.74) is 0.903. The summed E-state index contributed by atoms with van der Waals surface area (Å²) >= 11 is 1.38. The van der Waals surface area contributed by atoms with Gasteiger partial charge in [0.25, 0.3) is 5.91 Å². The van der Waals surface area contributed by atoms with Crippen molar-refractivity contribution in [1.29, 1.82) is 0 Å². The number of nitrogens with zero attached hydrogens (tertiary/aromatic N) is 3. The number of ether oxygens (including phenoxy) is 2. The van der Waals surface area contributed by atoms with E-state index in [9.17, 15) is 13.2 Å². The van der Waals surface area contributed by atoms with Crippen LogP contribution in [0.4, 0.5) is 5.13 Å². The average molecular weight is 476 g/mol. The van der Waals surface area contributed by atoms with Crippen molar-refractivity contribution in [2.24, 2.45) is 0 Å². The van der Waals surface area contributed by atoms with Crippen LogP contribution in [-0.4, -0.2) is 77.0 Å². The molecule has 1 fully saturated rings. The number of thiazole rings is 1. The number of methoxy groups -OCH3 is 1. The minimum Gasteiger partial charge on any atom is -0.497 e. The van der Waals surface area contributed by atoms with Crippen LogP contribution in [0.25, 0.3) is 10.2 Å². The second-order valence-corrected chi connectivity index (χ2v) is 10.5. The maximum atomic E-state index is 13.6. The molecular formula is C22H25N3O5S2. The number of hydrogen-bond acceptors (Lipinski definition) is 8. The van der Waals surface area contributed by atoms with Gasteiger partial charge in [-0.15, -0.1) is 0 Å². The molecule has 1 saturated heterocycles. The number of aromatic nitrogens is 1. The maximum absolute atomic E-state index is 13.6. The number of morpholine rings is 1. The molecule has 3 aromatic rings. The fourth-order valence-electron chi connectivity index (χ4n) is 3.60. The number of hydrogen-bond donors (Lipinski definition) is 0. The Morgan fingerprint density at radius 2 is 1.97 bits per heavy atom. The number of benzene rings is 2. The number of carbonyl (C=O) groups excluding carboxylic acids is 1. The summed E-state index contributed by atoms with van der Waals surface area (Å²) in [5, 5.41) is 0.523. The van der Waals surface area contributed by atoms with E-state index in [1.165, 1.54) is 17.4 Å². The molecule has 4 rings (SSSR count). The van der Waals surface area contributed by atoms with E-state index in [4.69, 9.17) is 9.47 Å². The SMILES string of the molecule is COc1ccc2nc(N(CCN3CCOCC3)C(=O)c3ccccc3S(C)(=O)=O)sc2c1. The average Bonchev–Trinajstić information content (AvgIpc) is 3.22. The second kappa shape index (κ2) is 9.53. The Hall–Kier alpha value is -2.53. The molecule has 1 aromatic heterocycles. The molecule has 10 heteroatoms.